The Labute approximate surface area is 157 Å². The van der Waals surface area contributed by atoms with Crippen molar-refractivity contribution in [1.29, 1.82) is 0 Å². The quantitative estimate of drug-likeness (QED) is 0.721. The van der Waals surface area contributed by atoms with Gasteiger partial charge in [0.2, 0.25) is 5.88 Å². The summed E-state index contributed by atoms with van der Waals surface area (Å²) in [6.45, 7) is 0.288. The molecular formula is C19H16F4N2O3. The number of fused-ring (bicyclic) bond motifs is 1. The average molecular weight is 396 g/mol. The molecular weight excluding hydrogens is 380 g/mol. The predicted octanol–water partition coefficient (Wildman–Crippen LogP) is 3.74. The summed E-state index contributed by atoms with van der Waals surface area (Å²) in [7, 11) is 0. The van der Waals surface area contributed by atoms with Crippen molar-refractivity contribution >= 4 is 5.97 Å². The van der Waals surface area contributed by atoms with Crippen LogP contribution in [0.4, 0.5) is 17.6 Å². The van der Waals surface area contributed by atoms with Crippen LogP contribution >= 0.6 is 0 Å². The molecule has 28 heavy (non-hydrogen) atoms. The molecule has 2 aromatic rings. The summed E-state index contributed by atoms with van der Waals surface area (Å²) < 4.78 is 57.5. The molecule has 1 aromatic carbocycles. The lowest BCUT2D eigenvalue weighted by Crippen LogP contribution is -2.40. The van der Waals surface area contributed by atoms with E-state index in [1.807, 2.05) is 30.3 Å². The summed E-state index contributed by atoms with van der Waals surface area (Å²) in [5.74, 6) is -2.88. The van der Waals surface area contributed by atoms with Crippen LogP contribution in [0.15, 0.2) is 42.6 Å². The lowest BCUT2D eigenvalue weighted by molar-refractivity contribution is -0.247. The van der Waals surface area contributed by atoms with Crippen molar-refractivity contribution in [3.8, 4) is 5.88 Å². The number of ether oxygens (including phenoxy) is 1. The highest BCUT2D eigenvalue weighted by Crippen LogP contribution is 2.64. The Kier molecular flexibility index (Phi) is 4.49. The molecule has 9 heteroatoms. The molecule has 1 saturated heterocycles. The van der Waals surface area contributed by atoms with Gasteiger partial charge in [0.05, 0.1) is 11.7 Å². The minimum Gasteiger partial charge on any atom is -0.473 e. The van der Waals surface area contributed by atoms with Crippen LogP contribution < -0.4 is 4.74 Å². The molecule has 2 aliphatic rings. The molecule has 2 atom stereocenters. The third-order valence-electron chi connectivity index (χ3n) is 5.13. The summed E-state index contributed by atoms with van der Waals surface area (Å²) in [6, 6.07) is 10.4. The molecule has 0 amide bonds. The highest BCUT2D eigenvalue weighted by molar-refractivity contribution is 5.75. The molecule has 4 rings (SSSR count). The molecule has 2 unspecified atom stereocenters. The highest BCUT2D eigenvalue weighted by Gasteiger charge is 2.67. The van der Waals surface area contributed by atoms with Gasteiger partial charge in [0.15, 0.2) is 0 Å². The third kappa shape index (κ3) is 3.30. The van der Waals surface area contributed by atoms with Crippen LogP contribution in [0, 0.1) is 11.7 Å². The molecule has 5 nitrogen and oxygen atoms in total. The van der Waals surface area contributed by atoms with E-state index in [0.29, 0.717) is 18.4 Å². The van der Waals surface area contributed by atoms with Crippen LogP contribution in [0.3, 0.4) is 0 Å². The first kappa shape index (κ1) is 18.7. The first-order valence-corrected chi connectivity index (χ1v) is 8.70. The number of hydrogen-bond acceptors (Lipinski definition) is 5. The predicted molar refractivity (Wildman–Crippen MR) is 88.2 cm³/mol. The summed E-state index contributed by atoms with van der Waals surface area (Å²) in [6.07, 6.45) is -3.16. The van der Waals surface area contributed by atoms with E-state index in [1.54, 1.807) is 0 Å². The second-order valence-corrected chi connectivity index (χ2v) is 6.87. The van der Waals surface area contributed by atoms with Gasteiger partial charge in [0.25, 0.3) is 0 Å². The minimum absolute atomic E-state index is 0.0591. The van der Waals surface area contributed by atoms with Crippen molar-refractivity contribution in [1.82, 2.24) is 10.0 Å². The number of pyridine rings is 1. The standard InChI is InChI=1S/C19H16F4N2O3/c20-14-8-15(16(24-10-14)27-11-12-4-2-1-3-5-12)18-9-13(18)6-7-25(18)28-17(26)19(21,22)23/h1-5,8,10,13H,6-7,9,11H2. The number of aromatic nitrogens is 1. The molecule has 1 aliphatic carbocycles. The zero-order chi connectivity index (χ0) is 19.9. The van der Waals surface area contributed by atoms with E-state index < -0.39 is 23.5 Å². The molecule has 2 heterocycles. The van der Waals surface area contributed by atoms with E-state index in [-0.39, 0.29) is 24.9 Å². The smallest absolute Gasteiger partial charge is 0.473 e. The largest absolute Gasteiger partial charge is 0.492 e. The Morgan fingerprint density at radius 3 is 2.71 bits per heavy atom. The zero-order valence-electron chi connectivity index (χ0n) is 14.6. The number of carbonyl (C=O) groups is 1. The number of alkyl halides is 3. The van der Waals surface area contributed by atoms with Gasteiger partial charge in [-0.3, -0.25) is 0 Å². The average Bonchev–Trinajstić information content (AvgIpc) is 3.30. The van der Waals surface area contributed by atoms with E-state index in [1.165, 1.54) is 6.07 Å². The molecule has 0 bridgehead atoms. The maximum atomic E-state index is 13.9. The van der Waals surface area contributed by atoms with Gasteiger partial charge in [-0.05, 0) is 30.4 Å². The zero-order valence-corrected chi connectivity index (χ0v) is 14.6. The van der Waals surface area contributed by atoms with Gasteiger partial charge in [-0.1, -0.05) is 30.3 Å². The van der Waals surface area contributed by atoms with Crippen LogP contribution in [-0.2, 0) is 21.8 Å². The topological polar surface area (TPSA) is 51.7 Å². The number of carbonyl (C=O) groups excluding carboxylic acids is 1. The maximum Gasteiger partial charge on any atom is 0.492 e. The Hall–Kier alpha value is -2.68. The van der Waals surface area contributed by atoms with Gasteiger partial charge in [-0.15, -0.1) is 5.06 Å². The van der Waals surface area contributed by atoms with E-state index in [9.17, 15) is 22.4 Å². The van der Waals surface area contributed by atoms with Crippen molar-refractivity contribution in [2.75, 3.05) is 6.54 Å². The van der Waals surface area contributed by atoms with Gasteiger partial charge in [0.1, 0.15) is 12.4 Å². The summed E-state index contributed by atoms with van der Waals surface area (Å²) in [4.78, 5) is 19.9. The van der Waals surface area contributed by atoms with Gasteiger partial charge in [0, 0.05) is 12.1 Å². The monoisotopic (exact) mass is 396 g/mol. The molecule has 2 fully saturated rings. The molecule has 1 aromatic heterocycles. The fraction of sp³-hybridized carbons (Fsp3) is 0.368. The molecule has 0 N–H and O–H groups in total. The minimum atomic E-state index is -5.11. The second kappa shape index (κ2) is 6.73. The van der Waals surface area contributed by atoms with E-state index >= 15 is 0 Å². The normalized spacial score (nSPS) is 23.9. The van der Waals surface area contributed by atoms with Crippen LogP contribution in [0.5, 0.6) is 5.88 Å². The molecule has 0 radical (unpaired) electrons. The number of nitrogens with zero attached hydrogens (tertiary/aromatic N) is 2. The molecule has 1 aliphatic heterocycles. The van der Waals surface area contributed by atoms with Crippen molar-refractivity contribution in [3.63, 3.8) is 0 Å². The third-order valence-corrected chi connectivity index (χ3v) is 5.13. The Morgan fingerprint density at radius 1 is 1.29 bits per heavy atom. The van der Waals surface area contributed by atoms with Crippen molar-refractivity contribution in [3.05, 3.63) is 59.5 Å². The van der Waals surface area contributed by atoms with Crippen LogP contribution in [0.2, 0.25) is 0 Å². The summed E-state index contributed by atoms with van der Waals surface area (Å²) >= 11 is 0. The fourth-order valence-electron chi connectivity index (χ4n) is 3.76. The molecule has 0 spiro atoms. The maximum absolute atomic E-state index is 13.9. The molecule has 148 valence electrons. The van der Waals surface area contributed by atoms with Crippen LogP contribution in [0.1, 0.15) is 24.0 Å². The van der Waals surface area contributed by atoms with E-state index in [0.717, 1.165) is 16.8 Å². The summed E-state index contributed by atoms with van der Waals surface area (Å²) in [5, 5.41) is 0.999. The van der Waals surface area contributed by atoms with E-state index in [4.69, 9.17) is 4.74 Å². The first-order valence-electron chi connectivity index (χ1n) is 8.70. The van der Waals surface area contributed by atoms with Gasteiger partial charge < -0.3 is 9.57 Å². The number of halogens is 4. The first-order chi connectivity index (χ1) is 13.3. The van der Waals surface area contributed by atoms with Gasteiger partial charge >= 0.3 is 12.1 Å². The number of hydroxylamine groups is 2. The number of piperidine rings is 1. The van der Waals surface area contributed by atoms with Crippen molar-refractivity contribution < 1.29 is 31.9 Å². The van der Waals surface area contributed by atoms with Crippen LogP contribution in [0.25, 0.3) is 0 Å². The van der Waals surface area contributed by atoms with Gasteiger partial charge in [-0.2, -0.15) is 13.2 Å². The van der Waals surface area contributed by atoms with Crippen molar-refractivity contribution in [2.24, 2.45) is 5.92 Å². The second-order valence-electron chi connectivity index (χ2n) is 6.87. The van der Waals surface area contributed by atoms with Crippen LogP contribution in [-0.4, -0.2) is 28.7 Å². The van der Waals surface area contributed by atoms with Crippen molar-refractivity contribution in [2.45, 2.75) is 31.2 Å². The number of hydrogen-bond donors (Lipinski definition) is 0. The lowest BCUT2D eigenvalue weighted by Gasteiger charge is -2.28. The molecule has 1 saturated carbocycles. The van der Waals surface area contributed by atoms with E-state index in [2.05, 4.69) is 9.82 Å². The summed E-state index contributed by atoms with van der Waals surface area (Å²) in [5.41, 5.74) is 0.110. The Morgan fingerprint density at radius 2 is 2.04 bits per heavy atom. The number of rotatable bonds is 5. The highest BCUT2D eigenvalue weighted by atomic mass is 19.4. The van der Waals surface area contributed by atoms with Gasteiger partial charge in [-0.25, -0.2) is 14.2 Å². The number of benzene rings is 1. The Bertz CT molecular complexity index is 890. The Balaban J connectivity index is 1.61. The lowest BCUT2D eigenvalue weighted by atomic mass is 10.0. The fourth-order valence-corrected chi connectivity index (χ4v) is 3.76. The SMILES string of the molecule is O=C(ON1CCC2CC21c1cc(F)cnc1OCc1ccccc1)C(F)(F)F.